The standard InChI is InChI=1S/C20H17NO4/c1-3-14-5-7-15(8-6-14)19-12-17(20(22)25-19)10-16-11-18(21(23)24)9-4-13(16)2/h4-12H,3H2,1-2H3/b17-10-. The first-order chi connectivity index (χ1) is 12.0. The average molecular weight is 335 g/mol. The number of aryl methyl sites for hydroxylation is 2. The van der Waals surface area contributed by atoms with Gasteiger partial charge in [-0.05, 0) is 42.2 Å². The molecule has 25 heavy (non-hydrogen) atoms. The van der Waals surface area contributed by atoms with Gasteiger partial charge in [-0.3, -0.25) is 10.1 Å². The number of cyclic esters (lactones) is 1. The largest absolute Gasteiger partial charge is 0.422 e. The van der Waals surface area contributed by atoms with E-state index >= 15 is 0 Å². The number of nitro benzene ring substituents is 1. The van der Waals surface area contributed by atoms with Crippen molar-refractivity contribution in [1.82, 2.24) is 0 Å². The van der Waals surface area contributed by atoms with Crippen LogP contribution in [-0.4, -0.2) is 10.9 Å². The third-order valence-corrected chi connectivity index (χ3v) is 4.16. The maximum Gasteiger partial charge on any atom is 0.343 e. The average Bonchev–Trinajstić information content (AvgIpc) is 2.97. The number of carbonyl (C=O) groups excluding carboxylic acids is 1. The first-order valence-corrected chi connectivity index (χ1v) is 7.98. The molecule has 0 N–H and O–H groups in total. The van der Waals surface area contributed by atoms with E-state index in [1.165, 1.54) is 17.7 Å². The first-order valence-electron chi connectivity index (χ1n) is 7.98. The maximum atomic E-state index is 12.1. The lowest BCUT2D eigenvalue weighted by atomic mass is 10.0. The molecule has 1 aliphatic rings. The maximum absolute atomic E-state index is 12.1. The van der Waals surface area contributed by atoms with Crippen molar-refractivity contribution in [2.45, 2.75) is 20.3 Å². The first kappa shape index (κ1) is 16.6. The molecule has 0 spiro atoms. The molecule has 0 bridgehead atoms. The quantitative estimate of drug-likeness (QED) is 0.358. The highest BCUT2D eigenvalue weighted by atomic mass is 16.6. The molecule has 0 saturated heterocycles. The van der Waals surface area contributed by atoms with Crippen LogP contribution < -0.4 is 0 Å². The number of esters is 1. The fourth-order valence-electron chi connectivity index (χ4n) is 2.60. The van der Waals surface area contributed by atoms with E-state index in [1.807, 2.05) is 31.2 Å². The Morgan fingerprint density at radius 3 is 2.52 bits per heavy atom. The van der Waals surface area contributed by atoms with E-state index in [0.717, 1.165) is 17.5 Å². The molecule has 0 aromatic heterocycles. The summed E-state index contributed by atoms with van der Waals surface area (Å²) in [4.78, 5) is 22.6. The molecule has 1 aliphatic heterocycles. The van der Waals surface area contributed by atoms with Gasteiger partial charge < -0.3 is 4.74 Å². The van der Waals surface area contributed by atoms with E-state index in [9.17, 15) is 14.9 Å². The molecular formula is C20H17NO4. The molecule has 2 aromatic carbocycles. The lowest BCUT2D eigenvalue weighted by Gasteiger charge is -2.03. The molecule has 5 heteroatoms. The summed E-state index contributed by atoms with van der Waals surface area (Å²) >= 11 is 0. The summed E-state index contributed by atoms with van der Waals surface area (Å²) in [7, 11) is 0. The summed E-state index contributed by atoms with van der Waals surface area (Å²) < 4.78 is 5.34. The van der Waals surface area contributed by atoms with Crippen LogP contribution >= 0.6 is 0 Å². The molecule has 5 nitrogen and oxygen atoms in total. The van der Waals surface area contributed by atoms with E-state index in [-0.39, 0.29) is 5.69 Å². The zero-order chi connectivity index (χ0) is 18.0. The van der Waals surface area contributed by atoms with Crippen molar-refractivity contribution in [2.75, 3.05) is 0 Å². The summed E-state index contributed by atoms with van der Waals surface area (Å²) in [5.74, 6) is 0.0301. The number of non-ortho nitro benzene ring substituents is 1. The van der Waals surface area contributed by atoms with Crippen LogP contribution in [-0.2, 0) is 16.0 Å². The SMILES string of the molecule is CCc1ccc(C2=C/C(=C/c3cc([N+](=O)[O-])ccc3C)C(=O)O2)cc1. The summed E-state index contributed by atoms with van der Waals surface area (Å²) in [6.45, 7) is 3.91. The van der Waals surface area contributed by atoms with E-state index in [2.05, 4.69) is 6.92 Å². The number of hydrogen-bond donors (Lipinski definition) is 0. The van der Waals surface area contributed by atoms with Gasteiger partial charge in [0.15, 0.2) is 0 Å². The number of rotatable bonds is 4. The zero-order valence-electron chi connectivity index (χ0n) is 14.0. The van der Waals surface area contributed by atoms with Gasteiger partial charge in [-0.15, -0.1) is 0 Å². The normalized spacial score (nSPS) is 15.2. The number of hydrogen-bond acceptors (Lipinski definition) is 4. The summed E-state index contributed by atoms with van der Waals surface area (Å²) in [6.07, 6.45) is 4.23. The minimum absolute atomic E-state index is 0.0110. The third kappa shape index (κ3) is 3.50. The molecule has 0 unspecified atom stereocenters. The molecule has 3 rings (SSSR count). The molecule has 0 radical (unpaired) electrons. The number of nitrogens with zero attached hydrogens (tertiary/aromatic N) is 1. The number of benzene rings is 2. The molecule has 126 valence electrons. The van der Waals surface area contributed by atoms with Crippen LogP contribution in [0.5, 0.6) is 0 Å². The van der Waals surface area contributed by atoms with Crippen molar-refractivity contribution >= 4 is 23.5 Å². The fraction of sp³-hybridized carbons (Fsp3) is 0.150. The summed E-state index contributed by atoms with van der Waals surface area (Å²) in [6, 6.07) is 12.4. The van der Waals surface area contributed by atoms with Crippen molar-refractivity contribution in [1.29, 1.82) is 0 Å². The van der Waals surface area contributed by atoms with Gasteiger partial charge in [0.2, 0.25) is 0 Å². The molecule has 0 atom stereocenters. The summed E-state index contributed by atoms with van der Waals surface area (Å²) in [5.41, 5.74) is 3.86. The number of ether oxygens (including phenoxy) is 1. The van der Waals surface area contributed by atoms with Gasteiger partial charge in [0, 0.05) is 17.7 Å². The fourth-order valence-corrected chi connectivity index (χ4v) is 2.60. The van der Waals surface area contributed by atoms with Crippen molar-refractivity contribution in [3.63, 3.8) is 0 Å². The monoisotopic (exact) mass is 335 g/mol. The Hall–Kier alpha value is -3.21. The van der Waals surface area contributed by atoms with E-state index < -0.39 is 10.9 Å². The number of carbonyl (C=O) groups is 1. The molecule has 2 aromatic rings. The van der Waals surface area contributed by atoms with Gasteiger partial charge in [-0.2, -0.15) is 0 Å². The van der Waals surface area contributed by atoms with Crippen LogP contribution in [0.2, 0.25) is 0 Å². The Morgan fingerprint density at radius 2 is 1.88 bits per heavy atom. The highest BCUT2D eigenvalue weighted by molar-refractivity contribution is 6.05. The minimum atomic E-state index is -0.458. The van der Waals surface area contributed by atoms with E-state index in [1.54, 1.807) is 18.2 Å². The smallest absolute Gasteiger partial charge is 0.343 e. The predicted molar refractivity (Wildman–Crippen MR) is 95.7 cm³/mol. The Kier molecular flexibility index (Phi) is 4.48. The Bertz CT molecular complexity index is 908. The lowest BCUT2D eigenvalue weighted by Crippen LogP contribution is -1.98. The molecule has 0 aliphatic carbocycles. The van der Waals surface area contributed by atoms with Crippen LogP contribution in [0.15, 0.2) is 54.1 Å². The van der Waals surface area contributed by atoms with Gasteiger partial charge >= 0.3 is 5.97 Å². The van der Waals surface area contributed by atoms with Gasteiger partial charge in [-0.25, -0.2) is 4.79 Å². The minimum Gasteiger partial charge on any atom is -0.422 e. The van der Waals surface area contributed by atoms with Crippen LogP contribution in [0.3, 0.4) is 0 Å². The molecule has 0 fully saturated rings. The third-order valence-electron chi connectivity index (χ3n) is 4.16. The van der Waals surface area contributed by atoms with Crippen LogP contribution in [0, 0.1) is 17.0 Å². The van der Waals surface area contributed by atoms with Gasteiger partial charge in [-0.1, -0.05) is 37.3 Å². The van der Waals surface area contributed by atoms with Crippen molar-refractivity contribution in [2.24, 2.45) is 0 Å². The van der Waals surface area contributed by atoms with E-state index in [4.69, 9.17) is 4.74 Å². The van der Waals surface area contributed by atoms with Gasteiger partial charge in [0.05, 0.1) is 10.5 Å². The second kappa shape index (κ2) is 6.73. The topological polar surface area (TPSA) is 69.4 Å². The van der Waals surface area contributed by atoms with Crippen LogP contribution in [0.4, 0.5) is 5.69 Å². The summed E-state index contributed by atoms with van der Waals surface area (Å²) in [5, 5.41) is 10.9. The Morgan fingerprint density at radius 1 is 1.16 bits per heavy atom. The second-order valence-corrected chi connectivity index (χ2v) is 5.85. The predicted octanol–water partition coefficient (Wildman–Crippen LogP) is 4.45. The van der Waals surface area contributed by atoms with Crippen molar-refractivity contribution in [3.8, 4) is 0 Å². The zero-order valence-corrected chi connectivity index (χ0v) is 14.0. The lowest BCUT2D eigenvalue weighted by molar-refractivity contribution is -0.384. The highest BCUT2D eigenvalue weighted by Crippen LogP contribution is 2.29. The van der Waals surface area contributed by atoms with Crippen LogP contribution in [0.25, 0.3) is 11.8 Å². The van der Waals surface area contributed by atoms with Gasteiger partial charge in [0.1, 0.15) is 5.76 Å². The van der Waals surface area contributed by atoms with Crippen LogP contribution in [0.1, 0.15) is 29.2 Å². The van der Waals surface area contributed by atoms with Crippen molar-refractivity contribution in [3.05, 3.63) is 86.5 Å². The number of nitro groups is 1. The molecule has 0 saturated carbocycles. The molecule has 1 heterocycles. The second-order valence-electron chi connectivity index (χ2n) is 5.85. The van der Waals surface area contributed by atoms with Gasteiger partial charge in [0.25, 0.3) is 5.69 Å². The Labute approximate surface area is 145 Å². The highest BCUT2D eigenvalue weighted by Gasteiger charge is 2.22. The van der Waals surface area contributed by atoms with E-state index in [0.29, 0.717) is 16.9 Å². The molecule has 0 amide bonds. The molecular weight excluding hydrogens is 318 g/mol. The van der Waals surface area contributed by atoms with Crippen molar-refractivity contribution < 1.29 is 14.5 Å². The Balaban J connectivity index is 1.95.